The molecule has 0 unspecified atom stereocenters. The largest absolute Gasteiger partial charge is 0.433 e. The summed E-state index contributed by atoms with van der Waals surface area (Å²) in [4.78, 5) is 28.7. The fourth-order valence-electron chi connectivity index (χ4n) is 1.81. The number of hydrogen-bond donors (Lipinski definition) is 2. The number of hydrogen-bond acceptors (Lipinski definition) is 3. The van der Waals surface area contributed by atoms with Gasteiger partial charge in [0, 0.05) is 12.4 Å². The summed E-state index contributed by atoms with van der Waals surface area (Å²) in [5.41, 5.74) is -1.96. The molecule has 0 fully saturated rings. The van der Waals surface area contributed by atoms with E-state index >= 15 is 0 Å². The number of aromatic nitrogens is 2. The zero-order valence-electron chi connectivity index (χ0n) is 11.7. The van der Waals surface area contributed by atoms with Gasteiger partial charge in [-0.1, -0.05) is 6.07 Å². The van der Waals surface area contributed by atoms with Crippen molar-refractivity contribution < 1.29 is 22.4 Å². The molecule has 2 heterocycles. The second-order valence-corrected chi connectivity index (χ2v) is 4.73. The van der Waals surface area contributed by atoms with Crippen molar-refractivity contribution in [3.63, 3.8) is 0 Å². The van der Waals surface area contributed by atoms with Crippen molar-refractivity contribution in [2.75, 3.05) is 0 Å². The van der Waals surface area contributed by atoms with E-state index in [4.69, 9.17) is 0 Å². The zero-order valence-corrected chi connectivity index (χ0v) is 11.7. The fourth-order valence-corrected chi connectivity index (χ4v) is 1.81. The molecule has 2 aromatic rings. The summed E-state index contributed by atoms with van der Waals surface area (Å²) >= 11 is 0. The van der Waals surface area contributed by atoms with Crippen molar-refractivity contribution in [1.82, 2.24) is 15.3 Å². The van der Waals surface area contributed by atoms with Gasteiger partial charge in [-0.2, -0.15) is 13.2 Å². The lowest BCUT2D eigenvalue weighted by Crippen LogP contribution is -2.31. The Hall–Kier alpha value is -2.71. The SMILES string of the molecule is C[C@@H](NC(=O)c1cc(F)c[nH]c1=O)c1ccc(C(F)(F)F)nc1. The third kappa shape index (κ3) is 3.93. The van der Waals surface area contributed by atoms with E-state index in [1.165, 1.54) is 6.92 Å². The predicted molar refractivity (Wildman–Crippen MR) is 72.1 cm³/mol. The van der Waals surface area contributed by atoms with Gasteiger partial charge in [0.1, 0.15) is 17.1 Å². The van der Waals surface area contributed by atoms with E-state index in [1.807, 2.05) is 0 Å². The minimum atomic E-state index is -4.56. The normalized spacial score (nSPS) is 12.7. The second kappa shape index (κ2) is 6.19. The van der Waals surface area contributed by atoms with Crippen LogP contribution < -0.4 is 10.9 Å². The van der Waals surface area contributed by atoms with Crippen LogP contribution in [0, 0.1) is 5.82 Å². The van der Waals surface area contributed by atoms with Crippen LogP contribution in [0.1, 0.15) is 34.6 Å². The lowest BCUT2D eigenvalue weighted by Gasteiger charge is -2.14. The van der Waals surface area contributed by atoms with Crippen LogP contribution in [0.15, 0.2) is 35.4 Å². The molecule has 1 amide bonds. The van der Waals surface area contributed by atoms with Gasteiger partial charge in [0.15, 0.2) is 0 Å². The molecule has 122 valence electrons. The van der Waals surface area contributed by atoms with E-state index in [2.05, 4.69) is 15.3 Å². The number of rotatable bonds is 3. The fraction of sp³-hybridized carbons (Fsp3) is 0.214. The quantitative estimate of drug-likeness (QED) is 0.849. The van der Waals surface area contributed by atoms with Gasteiger partial charge in [-0.3, -0.25) is 14.6 Å². The summed E-state index contributed by atoms with van der Waals surface area (Å²) in [6.07, 6.45) is -2.77. The van der Waals surface area contributed by atoms with E-state index in [9.17, 15) is 27.2 Å². The first-order valence-corrected chi connectivity index (χ1v) is 6.40. The Morgan fingerprint density at radius 1 is 1.35 bits per heavy atom. The summed E-state index contributed by atoms with van der Waals surface area (Å²) < 4.78 is 50.3. The van der Waals surface area contributed by atoms with Gasteiger partial charge in [-0.05, 0) is 24.6 Å². The van der Waals surface area contributed by atoms with Crippen LogP contribution in [0.25, 0.3) is 0 Å². The zero-order chi connectivity index (χ0) is 17.2. The molecule has 0 aliphatic rings. The second-order valence-electron chi connectivity index (χ2n) is 4.73. The van der Waals surface area contributed by atoms with Crippen LogP contribution in [0.4, 0.5) is 17.6 Å². The molecule has 0 saturated heterocycles. The number of halogens is 4. The van der Waals surface area contributed by atoms with Gasteiger partial charge in [-0.15, -0.1) is 0 Å². The van der Waals surface area contributed by atoms with Gasteiger partial charge in [-0.25, -0.2) is 4.39 Å². The predicted octanol–water partition coefficient (Wildman–Crippen LogP) is 2.42. The number of alkyl halides is 3. The number of nitrogens with zero attached hydrogens (tertiary/aromatic N) is 1. The van der Waals surface area contributed by atoms with Crippen LogP contribution in [-0.4, -0.2) is 15.9 Å². The Labute approximate surface area is 127 Å². The molecule has 0 aliphatic carbocycles. The third-order valence-electron chi connectivity index (χ3n) is 3.04. The molecular weight excluding hydrogens is 318 g/mol. The molecule has 0 aromatic carbocycles. The Bertz CT molecular complexity index is 769. The van der Waals surface area contributed by atoms with Crippen molar-refractivity contribution >= 4 is 5.91 Å². The Morgan fingerprint density at radius 3 is 2.61 bits per heavy atom. The number of carbonyl (C=O) groups excluding carboxylic acids is 1. The minimum Gasteiger partial charge on any atom is -0.345 e. The molecule has 5 nitrogen and oxygen atoms in total. The van der Waals surface area contributed by atoms with Gasteiger partial charge < -0.3 is 10.3 Å². The smallest absolute Gasteiger partial charge is 0.345 e. The molecule has 0 aliphatic heterocycles. The number of H-pyrrole nitrogens is 1. The van der Waals surface area contributed by atoms with Crippen molar-refractivity contribution in [3.8, 4) is 0 Å². The van der Waals surface area contributed by atoms with E-state index in [1.54, 1.807) is 0 Å². The Morgan fingerprint density at radius 2 is 2.04 bits per heavy atom. The van der Waals surface area contributed by atoms with Gasteiger partial charge in [0.25, 0.3) is 11.5 Å². The number of nitrogens with one attached hydrogen (secondary N) is 2. The first kappa shape index (κ1) is 16.7. The Balaban J connectivity index is 2.15. The molecule has 23 heavy (non-hydrogen) atoms. The maximum absolute atomic E-state index is 13.1. The molecule has 0 saturated carbocycles. The lowest BCUT2D eigenvalue weighted by molar-refractivity contribution is -0.141. The number of aromatic amines is 1. The van der Waals surface area contributed by atoms with Gasteiger partial charge >= 0.3 is 6.18 Å². The third-order valence-corrected chi connectivity index (χ3v) is 3.04. The summed E-state index contributed by atoms with van der Waals surface area (Å²) in [5.74, 6) is -1.64. The standard InChI is InChI=1S/C14H11F4N3O2/c1-7(8-2-3-11(19-5-8)14(16,17)18)21-13(23)10-4-9(15)6-20-12(10)22/h2-7H,1H3,(H,20,22)(H,21,23)/t7-/m1/s1. The highest BCUT2D eigenvalue weighted by atomic mass is 19.4. The van der Waals surface area contributed by atoms with Crippen LogP contribution in [-0.2, 0) is 6.18 Å². The highest BCUT2D eigenvalue weighted by Crippen LogP contribution is 2.27. The molecule has 1 atom stereocenters. The van der Waals surface area contributed by atoms with Gasteiger partial charge in [0.2, 0.25) is 0 Å². The number of pyridine rings is 2. The van der Waals surface area contributed by atoms with Crippen molar-refractivity contribution in [1.29, 1.82) is 0 Å². The van der Waals surface area contributed by atoms with Crippen LogP contribution in [0.3, 0.4) is 0 Å². The molecule has 2 rings (SSSR count). The summed E-state index contributed by atoms with van der Waals surface area (Å²) in [6, 6.07) is 2.00. The van der Waals surface area contributed by atoms with Crippen LogP contribution in [0.5, 0.6) is 0 Å². The highest BCUT2D eigenvalue weighted by Gasteiger charge is 2.32. The minimum absolute atomic E-state index is 0.305. The first-order valence-electron chi connectivity index (χ1n) is 6.40. The molecule has 0 radical (unpaired) electrons. The molecule has 2 aromatic heterocycles. The van der Waals surface area contributed by atoms with Crippen LogP contribution in [0.2, 0.25) is 0 Å². The molecule has 0 bridgehead atoms. The average Bonchev–Trinajstić information content (AvgIpc) is 2.48. The van der Waals surface area contributed by atoms with E-state index in [0.717, 1.165) is 30.6 Å². The molecule has 0 spiro atoms. The van der Waals surface area contributed by atoms with E-state index < -0.39 is 40.8 Å². The summed E-state index contributed by atoms with van der Waals surface area (Å²) in [7, 11) is 0. The van der Waals surface area contributed by atoms with Crippen molar-refractivity contribution in [2.24, 2.45) is 0 Å². The maximum atomic E-state index is 13.1. The lowest BCUT2D eigenvalue weighted by atomic mass is 10.1. The summed E-state index contributed by atoms with van der Waals surface area (Å²) in [6.45, 7) is 1.50. The number of carbonyl (C=O) groups is 1. The average molecular weight is 329 g/mol. The van der Waals surface area contributed by atoms with E-state index in [0.29, 0.717) is 5.56 Å². The monoisotopic (exact) mass is 329 g/mol. The maximum Gasteiger partial charge on any atom is 0.433 e. The van der Waals surface area contributed by atoms with Crippen LogP contribution >= 0.6 is 0 Å². The summed E-state index contributed by atoms with van der Waals surface area (Å²) in [5, 5.41) is 2.39. The topological polar surface area (TPSA) is 74.8 Å². The molecular formula is C14H11F4N3O2. The van der Waals surface area contributed by atoms with Crippen molar-refractivity contribution in [3.05, 3.63) is 63.6 Å². The Kier molecular flexibility index (Phi) is 4.48. The van der Waals surface area contributed by atoms with Gasteiger partial charge in [0.05, 0.1) is 6.04 Å². The molecule has 9 heteroatoms. The first-order chi connectivity index (χ1) is 10.7. The van der Waals surface area contributed by atoms with Crippen molar-refractivity contribution in [2.45, 2.75) is 19.1 Å². The van der Waals surface area contributed by atoms with E-state index in [-0.39, 0.29) is 0 Å². The number of amides is 1. The molecule has 2 N–H and O–H groups in total. The highest BCUT2D eigenvalue weighted by molar-refractivity contribution is 5.94.